The van der Waals surface area contributed by atoms with E-state index in [0.717, 1.165) is 17.8 Å². The van der Waals surface area contributed by atoms with Gasteiger partial charge in [-0.2, -0.15) is 18.2 Å². The molecule has 2 aromatic heterocycles. The number of ether oxygens (including phenoxy) is 1. The number of hydrogen-bond donors (Lipinski definition) is 0. The van der Waals surface area contributed by atoms with Gasteiger partial charge in [0.15, 0.2) is 5.69 Å². The zero-order valence-corrected chi connectivity index (χ0v) is 14.9. The van der Waals surface area contributed by atoms with E-state index >= 15 is 0 Å². The van der Waals surface area contributed by atoms with Crippen LogP contribution in [0.4, 0.5) is 13.2 Å². The van der Waals surface area contributed by atoms with Gasteiger partial charge in [-0.25, -0.2) is 4.98 Å². The lowest BCUT2D eigenvalue weighted by Crippen LogP contribution is -2.42. The van der Waals surface area contributed by atoms with Crippen LogP contribution in [0, 0.1) is 13.8 Å². The number of hydrogen-bond acceptors (Lipinski definition) is 6. The highest BCUT2D eigenvalue weighted by molar-refractivity contribution is 5.79. The van der Waals surface area contributed by atoms with Gasteiger partial charge in [-0.3, -0.25) is 4.79 Å². The van der Waals surface area contributed by atoms with Crippen molar-refractivity contribution in [1.29, 1.82) is 0 Å². The van der Waals surface area contributed by atoms with Crippen LogP contribution in [-0.2, 0) is 17.4 Å². The Labute approximate surface area is 153 Å². The first-order valence-corrected chi connectivity index (χ1v) is 8.50. The van der Waals surface area contributed by atoms with Crippen molar-refractivity contribution in [2.45, 2.75) is 45.4 Å². The predicted octanol–water partition coefficient (Wildman–Crippen LogP) is 2.71. The summed E-state index contributed by atoms with van der Waals surface area (Å²) in [6.45, 7) is 4.45. The van der Waals surface area contributed by atoms with Crippen LogP contribution in [0.15, 0.2) is 16.8 Å². The highest BCUT2D eigenvalue weighted by Gasteiger charge is 2.33. The quantitative estimate of drug-likeness (QED) is 0.806. The number of carbonyl (C=O) groups excluding carboxylic acids is 1. The number of alkyl halides is 3. The zero-order chi connectivity index (χ0) is 19.6. The predicted molar refractivity (Wildman–Crippen MR) is 86.9 cm³/mol. The lowest BCUT2D eigenvalue weighted by molar-refractivity contribution is -0.141. The van der Waals surface area contributed by atoms with Crippen molar-refractivity contribution in [3.05, 3.63) is 35.0 Å². The van der Waals surface area contributed by atoms with E-state index in [4.69, 9.17) is 9.26 Å². The summed E-state index contributed by atoms with van der Waals surface area (Å²) in [6, 6.07) is 0.494. The SMILES string of the molecule is Cc1noc(C)c1CC(=O)N1CCC(Oc2nccc(C(F)(F)F)n2)CC1. The third-order valence-corrected chi connectivity index (χ3v) is 4.50. The third-order valence-electron chi connectivity index (χ3n) is 4.50. The summed E-state index contributed by atoms with van der Waals surface area (Å²) in [5, 5.41) is 3.84. The number of nitrogens with zero attached hydrogens (tertiary/aromatic N) is 4. The molecule has 3 rings (SSSR count). The minimum atomic E-state index is -4.55. The number of carbonyl (C=O) groups is 1. The summed E-state index contributed by atoms with van der Waals surface area (Å²) in [5.74, 6) is 0.582. The second-order valence-electron chi connectivity index (χ2n) is 6.40. The first kappa shape index (κ1) is 19.1. The number of likely N-dealkylation sites (tertiary alicyclic amines) is 1. The Morgan fingerprint density at radius 3 is 2.63 bits per heavy atom. The van der Waals surface area contributed by atoms with Crippen LogP contribution >= 0.6 is 0 Å². The van der Waals surface area contributed by atoms with Crippen LogP contribution in [0.5, 0.6) is 6.01 Å². The van der Waals surface area contributed by atoms with E-state index in [1.54, 1.807) is 18.7 Å². The van der Waals surface area contributed by atoms with Crippen LogP contribution < -0.4 is 4.74 Å². The summed E-state index contributed by atoms with van der Waals surface area (Å²) >= 11 is 0. The molecule has 10 heteroatoms. The van der Waals surface area contributed by atoms with Crippen molar-refractivity contribution in [3.8, 4) is 6.01 Å². The molecule has 0 spiro atoms. The van der Waals surface area contributed by atoms with Gasteiger partial charge >= 0.3 is 12.2 Å². The van der Waals surface area contributed by atoms with E-state index in [1.807, 2.05) is 0 Å². The van der Waals surface area contributed by atoms with Crippen LogP contribution in [0.3, 0.4) is 0 Å². The van der Waals surface area contributed by atoms with E-state index in [9.17, 15) is 18.0 Å². The van der Waals surface area contributed by atoms with Gasteiger partial charge in [0.25, 0.3) is 0 Å². The Morgan fingerprint density at radius 1 is 1.33 bits per heavy atom. The van der Waals surface area contributed by atoms with Crippen LogP contribution in [0.1, 0.15) is 35.6 Å². The highest BCUT2D eigenvalue weighted by Crippen LogP contribution is 2.28. The molecule has 146 valence electrons. The van der Waals surface area contributed by atoms with Crippen LogP contribution in [0.2, 0.25) is 0 Å². The topological polar surface area (TPSA) is 81.4 Å². The first-order chi connectivity index (χ1) is 12.7. The molecule has 0 N–H and O–H groups in total. The molecule has 0 unspecified atom stereocenters. The molecule has 1 amide bonds. The Kier molecular flexibility index (Phi) is 5.33. The fourth-order valence-corrected chi connectivity index (χ4v) is 2.94. The number of piperidine rings is 1. The maximum Gasteiger partial charge on any atom is 0.433 e. The Bertz CT molecular complexity index is 794. The second kappa shape index (κ2) is 7.53. The molecule has 0 saturated carbocycles. The van der Waals surface area contributed by atoms with Crippen molar-refractivity contribution < 1.29 is 27.2 Å². The largest absolute Gasteiger partial charge is 0.460 e. The molecule has 3 heterocycles. The van der Waals surface area contributed by atoms with Crippen LogP contribution in [-0.4, -0.2) is 45.1 Å². The summed E-state index contributed by atoms with van der Waals surface area (Å²) in [6.07, 6.45) is -2.66. The molecule has 1 aliphatic rings. The number of halogens is 3. The molecule has 0 aliphatic carbocycles. The zero-order valence-electron chi connectivity index (χ0n) is 14.9. The minimum absolute atomic E-state index is 0.0434. The lowest BCUT2D eigenvalue weighted by Gasteiger charge is -2.31. The van der Waals surface area contributed by atoms with Gasteiger partial charge in [0.2, 0.25) is 5.91 Å². The Hall–Kier alpha value is -2.65. The van der Waals surface area contributed by atoms with Crippen molar-refractivity contribution in [3.63, 3.8) is 0 Å². The second-order valence-corrected chi connectivity index (χ2v) is 6.40. The molecule has 27 heavy (non-hydrogen) atoms. The standard InChI is InChI=1S/C17H19F3N4O3/c1-10-13(11(2)27-23-10)9-15(25)24-7-4-12(5-8-24)26-16-21-6-3-14(22-16)17(18,19)20/h3,6,12H,4-5,7-9H2,1-2H3. The molecule has 0 aromatic carbocycles. The smallest absolute Gasteiger partial charge is 0.433 e. The Balaban J connectivity index is 1.54. The van der Waals surface area contributed by atoms with Crippen LogP contribution in [0.25, 0.3) is 0 Å². The molecule has 0 radical (unpaired) electrons. The fraction of sp³-hybridized carbons (Fsp3) is 0.529. The minimum Gasteiger partial charge on any atom is -0.460 e. The third kappa shape index (κ3) is 4.55. The maximum atomic E-state index is 12.7. The average molecular weight is 384 g/mol. The normalized spacial score (nSPS) is 15.8. The summed E-state index contributed by atoms with van der Waals surface area (Å²) in [7, 11) is 0. The number of aryl methyl sites for hydroxylation is 2. The van der Waals surface area contributed by atoms with Gasteiger partial charge in [-0.15, -0.1) is 0 Å². The number of amides is 1. The van der Waals surface area contributed by atoms with E-state index in [-0.39, 0.29) is 24.4 Å². The summed E-state index contributed by atoms with van der Waals surface area (Å²) in [4.78, 5) is 21.3. The van der Waals surface area contributed by atoms with Crippen molar-refractivity contribution in [2.75, 3.05) is 13.1 Å². The van der Waals surface area contributed by atoms with Crippen molar-refractivity contribution in [1.82, 2.24) is 20.0 Å². The summed E-state index contributed by atoms with van der Waals surface area (Å²) < 4.78 is 48.6. The van der Waals surface area contributed by atoms with Crippen molar-refractivity contribution in [2.24, 2.45) is 0 Å². The molecule has 1 saturated heterocycles. The number of rotatable bonds is 4. The molecular weight excluding hydrogens is 365 g/mol. The summed E-state index contributed by atoms with van der Waals surface area (Å²) in [5.41, 5.74) is 0.441. The fourth-order valence-electron chi connectivity index (χ4n) is 2.94. The molecule has 0 bridgehead atoms. The average Bonchev–Trinajstić information content (AvgIpc) is 2.94. The highest BCUT2D eigenvalue weighted by atomic mass is 19.4. The van der Waals surface area contributed by atoms with Gasteiger partial charge < -0.3 is 14.2 Å². The molecule has 1 aliphatic heterocycles. The maximum absolute atomic E-state index is 12.7. The number of aromatic nitrogens is 3. The van der Waals surface area contributed by atoms with E-state index in [1.165, 1.54) is 0 Å². The van der Waals surface area contributed by atoms with Gasteiger partial charge in [-0.05, 0) is 19.9 Å². The lowest BCUT2D eigenvalue weighted by atomic mass is 10.1. The van der Waals surface area contributed by atoms with E-state index in [2.05, 4.69) is 15.1 Å². The van der Waals surface area contributed by atoms with Gasteiger partial charge in [-0.1, -0.05) is 5.16 Å². The molecule has 0 atom stereocenters. The van der Waals surface area contributed by atoms with Gasteiger partial charge in [0, 0.05) is 37.7 Å². The van der Waals surface area contributed by atoms with Gasteiger partial charge in [0.1, 0.15) is 11.9 Å². The van der Waals surface area contributed by atoms with E-state index < -0.39 is 11.9 Å². The molecule has 2 aromatic rings. The van der Waals surface area contributed by atoms with E-state index in [0.29, 0.717) is 37.4 Å². The molecular formula is C17H19F3N4O3. The van der Waals surface area contributed by atoms with Gasteiger partial charge in [0.05, 0.1) is 12.1 Å². The Morgan fingerprint density at radius 2 is 2.04 bits per heavy atom. The molecule has 7 nitrogen and oxygen atoms in total. The first-order valence-electron chi connectivity index (χ1n) is 8.50. The monoisotopic (exact) mass is 384 g/mol. The van der Waals surface area contributed by atoms with Crippen molar-refractivity contribution >= 4 is 5.91 Å². The molecule has 1 fully saturated rings.